The summed E-state index contributed by atoms with van der Waals surface area (Å²) >= 11 is 0. The molecule has 0 fully saturated rings. The molecule has 0 aliphatic rings. The number of nitrogens with zero attached hydrogens (tertiary/aromatic N) is 1. The van der Waals surface area contributed by atoms with Gasteiger partial charge in [-0.3, -0.25) is 0 Å². The summed E-state index contributed by atoms with van der Waals surface area (Å²) in [5.41, 5.74) is 2.02. The summed E-state index contributed by atoms with van der Waals surface area (Å²) in [6.07, 6.45) is 1.57. The van der Waals surface area contributed by atoms with Gasteiger partial charge < -0.3 is 5.32 Å². The van der Waals surface area contributed by atoms with Gasteiger partial charge in [0.05, 0.1) is 0 Å². The molecule has 2 rings (SSSR count). The van der Waals surface area contributed by atoms with E-state index in [0.29, 0.717) is 12.4 Å². The van der Waals surface area contributed by atoms with E-state index >= 15 is 0 Å². The van der Waals surface area contributed by atoms with Gasteiger partial charge in [0.1, 0.15) is 10.7 Å². The molecule has 1 aromatic carbocycles. The number of rotatable bonds is 6. The second-order valence-corrected chi connectivity index (χ2v) is 6.43. The van der Waals surface area contributed by atoms with Crippen LogP contribution in [-0.2, 0) is 16.6 Å². The van der Waals surface area contributed by atoms with Crippen LogP contribution in [0.2, 0.25) is 0 Å². The van der Waals surface area contributed by atoms with Crippen LogP contribution in [0.5, 0.6) is 0 Å². The van der Waals surface area contributed by atoms with E-state index in [1.165, 1.54) is 0 Å². The Kier molecular flexibility index (Phi) is 4.93. The van der Waals surface area contributed by atoms with Gasteiger partial charge >= 0.3 is 0 Å². The third kappa shape index (κ3) is 4.03. The van der Waals surface area contributed by atoms with E-state index in [0.717, 1.165) is 11.1 Å². The molecule has 0 amide bonds. The van der Waals surface area contributed by atoms with Crippen LogP contribution in [0.3, 0.4) is 0 Å². The zero-order valence-corrected chi connectivity index (χ0v) is 12.9. The normalized spacial score (nSPS) is 11.3. The van der Waals surface area contributed by atoms with Crippen LogP contribution in [0.15, 0.2) is 47.5 Å². The van der Waals surface area contributed by atoms with Crippen LogP contribution < -0.4 is 10.0 Å². The minimum Gasteiger partial charge on any atom is -0.369 e. The van der Waals surface area contributed by atoms with Crippen LogP contribution >= 0.6 is 0 Å². The molecular formula is C15H19N3O2S. The van der Waals surface area contributed by atoms with E-state index in [-0.39, 0.29) is 11.4 Å². The smallest absolute Gasteiger partial charge is 0.244 e. The van der Waals surface area contributed by atoms with Crippen LogP contribution in [0.4, 0.5) is 5.82 Å². The minimum absolute atomic E-state index is 0.166. The summed E-state index contributed by atoms with van der Waals surface area (Å²) < 4.78 is 27.4. The van der Waals surface area contributed by atoms with Crippen molar-refractivity contribution in [2.75, 3.05) is 11.9 Å². The monoisotopic (exact) mass is 305 g/mol. The second kappa shape index (κ2) is 6.69. The molecule has 0 spiro atoms. The third-order valence-electron chi connectivity index (χ3n) is 2.95. The van der Waals surface area contributed by atoms with E-state index in [1.54, 1.807) is 18.3 Å². The molecule has 0 bridgehead atoms. The molecule has 21 heavy (non-hydrogen) atoms. The predicted octanol–water partition coefficient (Wildman–Crippen LogP) is 2.30. The summed E-state index contributed by atoms with van der Waals surface area (Å²) in [5, 5.41) is 2.96. The Morgan fingerprint density at radius 1 is 1.19 bits per heavy atom. The van der Waals surface area contributed by atoms with Gasteiger partial charge in [-0.25, -0.2) is 18.1 Å². The molecule has 2 aromatic rings. The first kappa shape index (κ1) is 15.5. The molecule has 0 aliphatic heterocycles. The molecule has 6 heteroatoms. The van der Waals surface area contributed by atoms with Crippen molar-refractivity contribution in [2.45, 2.75) is 25.3 Å². The van der Waals surface area contributed by atoms with Crippen LogP contribution in [0.25, 0.3) is 0 Å². The summed E-state index contributed by atoms with van der Waals surface area (Å²) in [4.78, 5) is 4.24. The molecule has 0 unspecified atom stereocenters. The number of sulfonamides is 1. The zero-order chi connectivity index (χ0) is 15.3. The lowest BCUT2D eigenvalue weighted by Gasteiger charge is -2.11. The topological polar surface area (TPSA) is 71.1 Å². The average Bonchev–Trinajstić information content (AvgIpc) is 2.46. The molecule has 0 radical (unpaired) electrons. The van der Waals surface area contributed by atoms with E-state index in [2.05, 4.69) is 15.0 Å². The Morgan fingerprint density at radius 2 is 2.00 bits per heavy atom. The summed E-state index contributed by atoms with van der Waals surface area (Å²) in [5.74, 6) is 0.372. The van der Waals surface area contributed by atoms with Crippen molar-refractivity contribution in [3.63, 3.8) is 0 Å². The third-order valence-corrected chi connectivity index (χ3v) is 4.39. The number of pyridine rings is 1. The Labute approximate surface area is 125 Å². The van der Waals surface area contributed by atoms with E-state index in [1.807, 2.05) is 38.1 Å². The van der Waals surface area contributed by atoms with E-state index < -0.39 is 10.0 Å². The maximum atomic E-state index is 12.4. The van der Waals surface area contributed by atoms with E-state index in [4.69, 9.17) is 0 Å². The maximum absolute atomic E-state index is 12.4. The predicted molar refractivity (Wildman–Crippen MR) is 83.6 cm³/mol. The molecule has 0 saturated carbocycles. The molecule has 0 saturated heterocycles. The van der Waals surface area contributed by atoms with Gasteiger partial charge in [0.25, 0.3) is 0 Å². The van der Waals surface area contributed by atoms with Crippen LogP contribution in [0.1, 0.15) is 18.1 Å². The number of benzene rings is 1. The summed E-state index contributed by atoms with van der Waals surface area (Å²) in [7, 11) is -3.60. The highest BCUT2D eigenvalue weighted by Gasteiger charge is 2.18. The van der Waals surface area contributed by atoms with Gasteiger partial charge in [-0.2, -0.15) is 0 Å². The first-order chi connectivity index (χ1) is 10.0. The minimum atomic E-state index is -3.60. The first-order valence-electron chi connectivity index (χ1n) is 6.77. The SMILES string of the molecule is CCNc1ncccc1S(=O)(=O)NCc1cccc(C)c1. The highest BCUT2D eigenvalue weighted by molar-refractivity contribution is 7.89. The van der Waals surface area contributed by atoms with Gasteiger partial charge in [0, 0.05) is 19.3 Å². The Morgan fingerprint density at radius 3 is 2.71 bits per heavy atom. The van der Waals surface area contributed by atoms with Gasteiger partial charge in [-0.15, -0.1) is 0 Å². The molecule has 1 heterocycles. The fourth-order valence-electron chi connectivity index (χ4n) is 1.99. The molecular weight excluding hydrogens is 286 g/mol. The Balaban J connectivity index is 2.19. The molecule has 0 atom stereocenters. The molecule has 5 nitrogen and oxygen atoms in total. The number of hydrogen-bond acceptors (Lipinski definition) is 4. The summed E-state index contributed by atoms with van der Waals surface area (Å²) in [6.45, 7) is 4.73. The van der Waals surface area contributed by atoms with Crippen molar-refractivity contribution >= 4 is 15.8 Å². The molecule has 0 aliphatic carbocycles. The highest BCUT2D eigenvalue weighted by Crippen LogP contribution is 2.18. The lowest BCUT2D eigenvalue weighted by atomic mass is 10.1. The lowest BCUT2D eigenvalue weighted by Crippen LogP contribution is -2.24. The Bertz CT molecular complexity index is 714. The van der Waals surface area contributed by atoms with E-state index in [9.17, 15) is 8.42 Å². The number of nitrogens with one attached hydrogen (secondary N) is 2. The molecule has 1 aromatic heterocycles. The second-order valence-electron chi connectivity index (χ2n) is 4.69. The number of hydrogen-bond donors (Lipinski definition) is 2. The van der Waals surface area contributed by atoms with Crippen molar-refractivity contribution in [3.05, 3.63) is 53.7 Å². The van der Waals surface area contributed by atoms with Crippen molar-refractivity contribution in [1.29, 1.82) is 0 Å². The summed E-state index contributed by atoms with van der Waals surface area (Å²) in [6, 6.07) is 10.9. The fraction of sp³-hybridized carbons (Fsp3) is 0.267. The van der Waals surface area contributed by atoms with Crippen molar-refractivity contribution in [1.82, 2.24) is 9.71 Å². The fourth-order valence-corrected chi connectivity index (χ4v) is 3.14. The number of anilines is 1. The Hall–Kier alpha value is -1.92. The van der Waals surface area contributed by atoms with Gasteiger partial charge in [0.2, 0.25) is 10.0 Å². The van der Waals surface area contributed by atoms with Crippen molar-refractivity contribution < 1.29 is 8.42 Å². The van der Waals surface area contributed by atoms with Crippen molar-refractivity contribution in [2.24, 2.45) is 0 Å². The van der Waals surface area contributed by atoms with Gasteiger partial charge in [0.15, 0.2) is 0 Å². The highest BCUT2D eigenvalue weighted by atomic mass is 32.2. The van der Waals surface area contributed by atoms with Gasteiger partial charge in [-0.05, 0) is 31.5 Å². The van der Waals surface area contributed by atoms with Crippen LogP contribution in [-0.4, -0.2) is 19.9 Å². The zero-order valence-electron chi connectivity index (χ0n) is 12.1. The quantitative estimate of drug-likeness (QED) is 0.859. The molecule has 112 valence electrons. The maximum Gasteiger partial charge on any atom is 0.244 e. The van der Waals surface area contributed by atoms with Crippen molar-refractivity contribution in [3.8, 4) is 0 Å². The average molecular weight is 305 g/mol. The van der Waals surface area contributed by atoms with Gasteiger partial charge in [-0.1, -0.05) is 29.8 Å². The first-order valence-corrected chi connectivity index (χ1v) is 8.25. The standard InChI is InChI=1S/C15H19N3O2S/c1-3-16-15-14(8-5-9-17-15)21(19,20)18-11-13-7-4-6-12(2)10-13/h4-10,18H,3,11H2,1-2H3,(H,16,17). The molecule has 2 N–H and O–H groups in total. The number of aromatic nitrogens is 1. The largest absolute Gasteiger partial charge is 0.369 e. The van der Waals surface area contributed by atoms with Crippen LogP contribution in [0, 0.1) is 6.92 Å². The number of aryl methyl sites for hydroxylation is 1. The lowest BCUT2D eigenvalue weighted by molar-refractivity contribution is 0.581.